The minimum Gasteiger partial charge on any atom is -0.293 e. The highest BCUT2D eigenvalue weighted by Crippen LogP contribution is 2.26. The van der Waals surface area contributed by atoms with Crippen LogP contribution >= 0.6 is 27.3 Å². The van der Waals surface area contributed by atoms with E-state index in [0.717, 1.165) is 8.66 Å². The van der Waals surface area contributed by atoms with Gasteiger partial charge in [0.25, 0.3) is 0 Å². The second-order valence-corrected chi connectivity index (χ2v) is 5.96. The molecule has 0 radical (unpaired) electrons. The fourth-order valence-electron chi connectivity index (χ4n) is 0.974. The minimum absolute atomic E-state index is 0.116. The molecule has 0 aromatic carbocycles. The average molecular weight is 261 g/mol. The first-order valence-corrected chi connectivity index (χ1v) is 5.93. The number of thiophene rings is 1. The Balaban J connectivity index is 2.79. The molecular formula is C10H13BrOS. The largest absolute Gasteiger partial charge is 0.293 e. The van der Waals surface area contributed by atoms with Gasteiger partial charge in [0.1, 0.15) is 0 Å². The van der Waals surface area contributed by atoms with E-state index in [1.54, 1.807) is 0 Å². The fraction of sp³-hybridized carbons (Fsp3) is 0.500. The Hall–Kier alpha value is -0.150. The van der Waals surface area contributed by atoms with Crippen LogP contribution in [0.3, 0.4) is 0 Å². The molecule has 72 valence electrons. The van der Waals surface area contributed by atoms with Gasteiger partial charge in [-0.15, -0.1) is 11.3 Å². The lowest BCUT2D eigenvalue weighted by Crippen LogP contribution is -2.15. The van der Waals surface area contributed by atoms with E-state index in [1.807, 2.05) is 19.1 Å². The van der Waals surface area contributed by atoms with E-state index in [0.29, 0.717) is 5.92 Å². The predicted molar refractivity (Wildman–Crippen MR) is 60.4 cm³/mol. The van der Waals surface area contributed by atoms with E-state index < -0.39 is 0 Å². The van der Waals surface area contributed by atoms with Crippen LogP contribution in [-0.4, -0.2) is 5.78 Å². The van der Waals surface area contributed by atoms with Gasteiger partial charge in [0.2, 0.25) is 0 Å². The first kappa shape index (κ1) is 10.9. The predicted octanol–water partition coefficient (Wildman–Crippen LogP) is 3.99. The molecular weight excluding hydrogens is 248 g/mol. The summed E-state index contributed by atoms with van der Waals surface area (Å²) < 4.78 is 1.02. The van der Waals surface area contributed by atoms with Crippen LogP contribution < -0.4 is 0 Å². The molecule has 1 aromatic heterocycles. The molecule has 0 N–H and O–H groups in total. The van der Waals surface area contributed by atoms with Gasteiger partial charge in [0.15, 0.2) is 5.78 Å². The number of rotatable bonds is 3. The van der Waals surface area contributed by atoms with E-state index in [2.05, 4.69) is 29.8 Å². The van der Waals surface area contributed by atoms with E-state index in [4.69, 9.17) is 0 Å². The van der Waals surface area contributed by atoms with Crippen molar-refractivity contribution in [3.05, 3.63) is 20.8 Å². The Morgan fingerprint density at radius 1 is 1.38 bits per heavy atom. The van der Waals surface area contributed by atoms with Gasteiger partial charge < -0.3 is 0 Å². The standard InChI is InChI=1S/C10H13BrOS/c1-6(2)7(3)10(12)8-4-5-9(11)13-8/h4-7H,1-3H3. The SMILES string of the molecule is CC(C)C(C)C(=O)c1ccc(Br)s1. The number of carbonyl (C=O) groups is 1. The molecule has 0 aliphatic rings. The van der Waals surface area contributed by atoms with Crippen molar-refractivity contribution in [2.24, 2.45) is 11.8 Å². The third-order valence-corrected chi connectivity index (χ3v) is 3.87. The maximum atomic E-state index is 11.8. The molecule has 0 fully saturated rings. The molecule has 1 nitrogen and oxygen atoms in total. The second-order valence-electron chi connectivity index (χ2n) is 3.50. The molecule has 1 atom stereocenters. The summed E-state index contributed by atoms with van der Waals surface area (Å²) in [4.78, 5) is 12.6. The highest BCUT2D eigenvalue weighted by molar-refractivity contribution is 9.11. The van der Waals surface area contributed by atoms with E-state index >= 15 is 0 Å². The smallest absolute Gasteiger partial charge is 0.175 e. The first-order valence-electron chi connectivity index (χ1n) is 4.32. The average Bonchev–Trinajstić information content (AvgIpc) is 2.49. The van der Waals surface area contributed by atoms with Crippen molar-refractivity contribution >= 4 is 33.0 Å². The molecule has 0 aliphatic carbocycles. The van der Waals surface area contributed by atoms with E-state index in [1.165, 1.54) is 11.3 Å². The van der Waals surface area contributed by atoms with Crippen LogP contribution in [0.15, 0.2) is 15.9 Å². The highest BCUT2D eigenvalue weighted by Gasteiger charge is 2.19. The monoisotopic (exact) mass is 260 g/mol. The van der Waals surface area contributed by atoms with Crippen LogP contribution in [0.2, 0.25) is 0 Å². The highest BCUT2D eigenvalue weighted by atomic mass is 79.9. The normalized spacial score (nSPS) is 13.3. The molecule has 0 saturated heterocycles. The lowest BCUT2D eigenvalue weighted by atomic mass is 9.93. The van der Waals surface area contributed by atoms with E-state index in [9.17, 15) is 4.79 Å². The van der Waals surface area contributed by atoms with Crippen LogP contribution in [-0.2, 0) is 0 Å². The zero-order valence-corrected chi connectivity index (χ0v) is 10.4. The Bertz CT molecular complexity index is 304. The molecule has 0 amide bonds. The number of Topliss-reactive ketones (excluding diaryl/α,β-unsaturated/α-hetero) is 1. The van der Waals surface area contributed by atoms with Crippen molar-refractivity contribution in [1.29, 1.82) is 0 Å². The first-order chi connectivity index (χ1) is 6.02. The molecule has 13 heavy (non-hydrogen) atoms. The Kier molecular flexibility index (Phi) is 3.68. The van der Waals surface area contributed by atoms with Gasteiger partial charge >= 0.3 is 0 Å². The Labute approximate surface area is 91.3 Å². The van der Waals surface area contributed by atoms with Crippen molar-refractivity contribution in [1.82, 2.24) is 0 Å². The van der Waals surface area contributed by atoms with Crippen molar-refractivity contribution in [3.63, 3.8) is 0 Å². The Morgan fingerprint density at radius 2 is 2.00 bits per heavy atom. The molecule has 0 spiro atoms. The van der Waals surface area contributed by atoms with Crippen LogP contribution in [0.25, 0.3) is 0 Å². The third-order valence-electron chi connectivity index (χ3n) is 2.23. The van der Waals surface area contributed by atoms with Crippen molar-refractivity contribution < 1.29 is 4.79 Å². The third kappa shape index (κ3) is 2.64. The topological polar surface area (TPSA) is 17.1 Å². The van der Waals surface area contributed by atoms with Crippen LogP contribution in [0, 0.1) is 11.8 Å². The number of carbonyl (C=O) groups excluding carboxylic acids is 1. The molecule has 0 bridgehead atoms. The molecule has 1 aromatic rings. The summed E-state index contributed by atoms with van der Waals surface area (Å²) in [5, 5.41) is 0. The number of hydrogen-bond acceptors (Lipinski definition) is 2. The summed E-state index contributed by atoms with van der Waals surface area (Å²) in [6, 6.07) is 3.81. The van der Waals surface area contributed by atoms with E-state index in [-0.39, 0.29) is 11.7 Å². The maximum absolute atomic E-state index is 11.8. The summed E-state index contributed by atoms with van der Waals surface area (Å²) in [5.41, 5.74) is 0. The summed E-state index contributed by atoms with van der Waals surface area (Å²) in [7, 11) is 0. The lowest BCUT2D eigenvalue weighted by Gasteiger charge is -2.12. The molecule has 0 aliphatic heterocycles. The zero-order valence-electron chi connectivity index (χ0n) is 8.00. The van der Waals surface area contributed by atoms with Gasteiger partial charge in [-0.3, -0.25) is 4.79 Å². The van der Waals surface area contributed by atoms with Gasteiger partial charge in [-0.25, -0.2) is 0 Å². The molecule has 0 saturated carbocycles. The van der Waals surface area contributed by atoms with Crippen molar-refractivity contribution in [3.8, 4) is 0 Å². The summed E-state index contributed by atoms with van der Waals surface area (Å²) in [6.07, 6.45) is 0. The maximum Gasteiger partial charge on any atom is 0.175 e. The van der Waals surface area contributed by atoms with Crippen LogP contribution in [0.4, 0.5) is 0 Å². The van der Waals surface area contributed by atoms with Gasteiger partial charge in [0, 0.05) is 5.92 Å². The fourth-order valence-corrected chi connectivity index (χ4v) is 2.40. The van der Waals surface area contributed by atoms with Gasteiger partial charge in [-0.05, 0) is 34.0 Å². The summed E-state index contributed by atoms with van der Waals surface area (Å²) in [5.74, 6) is 0.782. The van der Waals surface area contributed by atoms with Crippen molar-refractivity contribution in [2.75, 3.05) is 0 Å². The number of halogens is 1. The molecule has 3 heteroatoms. The van der Waals surface area contributed by atoms with Gasteiger partial charge in [0.05, 0.1) is 8.66 Å². The number of hydrogen-bond donors (Lipinski definition) is 0. The van der Waals surface area contributed by atoms with Gasteiger partial charge in [-0.1, -0.05) is 20.8 Å². The van der Waals surface area contributed by atoms with Crippen molar-refractivity contribution in [2.45, 2.75) is 20.8 Å². The lowest BCUT2D eigenvalue weighted by molar-refractivity contribution is 0.0904. The number of ketones is 1. The van der Waals surface area contributed by atoms with Crippen LogP contribution in [0.5, 0.6) is 0 Å². The second kappa shape index (κ2) is 4.38. The molecule has 1 heterocycles. The summed E-state index contributed by atoms with van der Waals surface area (Å²) >= 11 is 4.86. The van der Waals surface area contributed by atoms with Crippen LogP contribution in [0.1, 0.15) is 30.4 Å². The minimum atomic E-state index is 0.116. The van der Waals surface area contributed by atoms with Gasteiger partial charge in [-0.2, -0.15) is 0 Å². The molecule has 1 unspecified atom stereocenters. The zero-order chi connectivity index (χ0) is 10.0. The summed E-state index contributed by atoms with van der Waals surface area (Å²) in [6.45, 7) is 6.14. The molecule has 1 rings (SSSR count). The quantitative estimate of drug-likeness (QED) is 0.752. The Morgan fingerprint density at radius 3 is 2.38 bits per heavy atom.